The van der Waals surface area contributed by atoms with Gasteiger partial charge >= 0.3 is 0 Å². The van der Waals surface area contributed by atoms with E-state index < -0.39 is 0 Å². The molecule has 156 valence electrons. The summed E-state index contributed by atoms with van der Waals surface area (Å²) in [5, 5.41) is 6.10. The molecular formula is C24H26N2O3S. The summed E-state index contributed by atoms with van der Waals surface area (Å²) in [6, 6.07) is 13.3. The Morgan fingerprint density at radius 3 is 2.67 bits per heavy atom. The van der Waals surface area contributed by atoms with E-state index in [1.165, 1.54) is 18.2 Å². The number of rotatable bonds is 4. The van der Waals surface area contributed by atoms with E-state index >= 15 is 0 Å². The van der Waals surface area contributed by atoms with Crippen LogP contribution in [0.25, 0.3) is 6.08 Å². The van der Waals surface area contributed by atoms with Crippen molar-refractivity contribution in [3.05, 3.63) is 58.5 Å². The fourth-order valence-electron chi connectivity index (χ4n) is 3.94. The van der Waals surface area contributed by atoms with Crippen LogP contribution in [0, 0.1) is 5.92 Å². The summed E-state index contributed by atoms with van der Waals surface area (Å²) in [5.74, 6) is 1.04. The van der Waals surface area contributed by atoms with Crippen LogP contribution in [0.15, 0.2) is 52.3 Å². The molecule has 2 aliphatic rings. The Balaban J connectivity index is 1.49. The van der Waals surface area contributed by atoms with E-state index in [1.54, 1.807) is 13.2 Å². The number of carbonyl (C=O) groups excluding carboxylic acids is 2. The lowest BCUT2D eigenvalue weighted by Crippen LogP contribution is -2.41. The maximum absolute atomic E-state index is 12.7. The molecule has 0 bridgehead atoms. The largest absolute Gasteiger partial charge is 0.497 e. The number of fused-ring (bicyclic) bond motifs is 1. The minimum atomic E-state index is -0.165. The third-order valence-electron chi connectivity index (χ3n) is 5.78. The zero-order valence-electron chi connectivity index (χ0n) is 17.2. The maximum atomic E-state index is 12.7. The number of methoxy groups -OCH3 is 1. The quantitative estimate of drug-likeness (QED) is 0.674. The number of anilines is 1. The summed E-state index contributed by atoms with van der Waals surface area (Å²) in [4.78, 5) is 26.9. The van der Waals surface area contributed by atoms with Gasteiger partial charge in [0.15, 0.2) is 0 Å². The van der Waals surface area contributed by atoms with Crippen molar-refractivity contribution in [1.29, 1.82) is 0 Å². The average Bonchev–Trinajstić information content (AvgIpc) is 2.76. The zero-order chi connectivity index (χ0) is 21.1. The summed E-state index contributed by atoms with van der Waals surface area (Å²) in [5.41, 5.74) is 2.19. The molecule has 0 unspecified atom stereocenters. The Hall–Kier alpha value is -2.73. The summed E-state index contributed by atoms with van der Waals surface area (Å²) >= 11 is 1.41. The Bertz CT molecular complexity index is 984. The number of carbonyl (C=O) groups is 2. The summed E-state index contributed by atoms with van der Waals surface area (Å²) < 4.78 is 5.17. The highest BCUT2D eigenvalue weighted by Crippen LogP contribution is 2.39. The Kier molecular flexibility index (Phi) is 6.13. The van der Waals surface area contributed by atoms with Crippen molar-refractivity contribution in [1.82, 2.24) is 5.32 Å². The summed E-state index contributed by atoms with van der Waals surface area (Å²) in [6.45, 7) is 2.20. The Morgan fingerprint density at radius 1 is 1.17 bits per heavy atom. The lowest BCUT2D eigenvalue weighted by atomic mass is 9.86. The van der Waals surface area contributed by atoms with Gasteiger partial charge in [0.25, 0.3) is 11.8 Å². The molecule has 1 aliphatic heterocycles. The number of thioether (sulfide) groups is 1. The van der Waals surface area contributed by atoms with Gasteiger partial charge in [0, 0.05) is 16.5 Å². The van der Waals surface area contributed by atoms with Crippen molar-refractivity contribution in [3.8, 4) is 5.75 Å². The molecule has 1 fully saturated rings. The van der Waals surface area contributed by atoms with Crippen LogP contribution in [0.3, 0.4) is 0 Å². The van der Waals surface area contributed by atoms with E-state index in [0.717, 1.165) is 35.5 Å². The van der Waals surface area contributed by atoms with E-state index in [1.807, 2.05) is 42.5 Å². The minimum absolute atomic E-state index is 0.0737. The predicted octanol–water partition coefficient (Wildman–Crippen LogP) is 5.09. The monoisotopic (exact) mass is 422 g/mol. The van der Waals surface area contributed by atoms with Crippen molar-refractivity contribution in [2.45, 2.75) is 43.5 Å². The number of nitrogens with one attached hydrogen (secondary N) is 2. The highest BCUT2D eigenvalue weighted by molar-refractivity contribution is 8.04. The number of ether oxygens (including phenoxy) is 1. The summed E-state index contributed by atoms with van der Waals surface area (Å²) in [6.07, 6.45) is 6.44. The van der Waals surface area contributed by atoms with Crippen molar-refractivity contribution in [2.75, 3.05) is 12.4 Å². The number of amides is 2. The first-order valence-electron chi connectivity index (χ1n) is 10.3. The van der Waals surface area contributed by atoms with Gasteiger partial charge in [-0.2, -0.15) is 0 Å². The number of hydrogen-bond acceptors (Lipinski definition) is 4. The maximum Gasteiger partial charge on any atom is 0.262 e. The molecule has 2 N–H and O–H groups in total. The first-order chi connectivity index (χ1) is 14.5. The second-order valence-electron chi connectivity index (χ2n) is 7.89. The fraction of sp³-hybridized carbons (Fsp3) is 0.333. The molecule has 0 aromatic heterocycles. The van der Waals surface area contributed by atoms with E-state index in [4.69, 9.17) is 4.74 Å². The Morgan fingerprint density at radius 2 is 1.93 bits per heavy atom. The topological polar surface area (TPSA) is 67.4 Å². The number of hydrogen-bond donors (Lipinski definition) is 2. The van der Waals surface area contributed by atoms with Crippen LogP contribution < -0.4 is 15.4 Å². The molecule has 1 heterocycles. The molecule has 6 heteroatoms. The lowest BCUT2D eigenvalue weighted by Gasteiger charge is -2.29. The van der Waals surface area contributed by atoms with Gasteiger partial charge in [0.1, 0.15) is 5.75 Å². The molecule has 2 aromatic carbocycles. The zero-order valence-corrected chi connectivity index (χ0v) is 18.1. The van der Waals surface area contributed by atoms with Crippen molar-refractivity contribution >= 4 is 35.3 Å². The molecule has 1 saturated carbocycles. The second-order valence-corrected chi connectivity index (χ2v) is 8.97. The standard InChI is InChI=1S/C24H26N2O3S/c1-15-5-3-4-6-19(15)25-23(27)17-9-12-21-20(14-17)26-24(28)22(30-21)13-16-7-10-18(29-2)11-8-16/h7-15,19H,3-6H2,1-2H3,(H,25,27)(H,26,28)/b22-13+/t15-,19-/m0/s1. The molecule has 0 spiro atoms. The van der Waals surface area contributed by atoms with Gasteiger partial charge in [-0.1, -0.05) is 43.7 Å². The third-order valence-corrected chi connectivity index (χ3v) is 6.87. The first kappa shape index (κ1) is 20.5. The van der Waals surface area contributed by atoms with Gasteiger partial charge in [-0.05, 0) is 60.7 Å². The van der Waals surface area contributed by atoms with Crippen LogP contribution in [0.2, 0.25) is 0 Å². The minimum Gasteiger partial charge on any atom is -0.497 e. The van der Waals surface area contributed by atoms with Crippen LogP contribution in [0.4, 0.5) is 5.69 Å². The second kappa shape index (κ2) is 8.96. The van der Waals surface area contributed by atoms with Gasteiger partial charge < -0.3 is 15.4 Å². The van der Waals surface area contributed by atoms with Gasteiger partial charge in [-0.3, -0.25) is 9.59 Å². The van der Waals surface area contributed by atoms with E-state index in [0.29, 0.717) is 22.1 Å². The van der Waals surface area contributed by atoms with Gasteiger partial charge in [0.2, 0.25) is 0 Å². The van der Waals surface area contributed by atoms with E-state index in [9.17, 15) is 9.59 Å². The van der Waals surface area contributed by atoms with Crippen LogP contribution >= 0.6 is 11.8 Å². The predicted molar refractivity (Wildman–Crippen MR) is 121 cm³/mol. The van der Waals surface area contributed by atoms with E-state index in [-0.39, 0.29) is 17.9 Å². The molecule has 4 rings (SSSR count). The molecule has 2 amide bonds. The SMILES string of the molecule is COc1ccc(/C=C2/Sc3ccc(C(=O)N[C@H]4CCCC[C@@H]4C)cc3NC2=O)cc1. The number of benzene rings is 2. The lowest BCUT2D eigenvalue weighted by molar-refractivity contribution is -0.112. The molecule has 1 aliphatic carbocycles. The van der Waals surface area contributed by atoms with Gasteiger partial charge in [-0.15, -0.1) is 0 Å². The molecule has 2 atom stereocenters. The highest BCUT2D eigenvalue weighted by Gasteiger charge is 2.25. The molecule has 30 heavy (non-hydrogen) atoms. The smallest absolute Gasteiger partial charge is 0.262 e. The van der Waals surface area contributed by atoms with Crippen molar-refractivity contribution in [2.24, 2.45) is 5.92 Å². The van der Waals surface area contributed by atoms with Crippen LogP contribution in [0.5, 0.6) is 5.75 Å². The molecule has 2 aromatic rings. The molecule has 0 radical (unpaired) electrons. The normalized spacial score (nSPS) is 22.2. The van der Waals surface area contributed by atoms with Crippen LogP contribution in [-0.4, -0.2) is 25.0 Å². The van der Waals surface area contributed by atoms with Crippen LogP contribution in [-0.2, 0) is 4.79 Å². The first-order valence-corrected chi connectivity index (χ1v) is 11.1. The van der Waals surface area contributed by atoms with E-state index in [2.05, 4.69) is 17.6 Å². The van der Waals surface area contributed by atoms with Crippen LogP contribution in [0.1, 0.15) is 48.5 Å². The highest BCUT2D eigenvalue weighted by atomic mass is 32.2. The van der Waals surface area contributed by atoms with Gasteiger partial charge in [-0.25, -0.2) is 0 Å². The molecule has 5 nitrogen and oxygen atoms in total. The molecule has 0 saturated heterocycles. The third kappa shape index (κ3) is 4.54. The van der Waals surface area contributed by atoms with Crippen molar-refractivity contribution < 1.29 is 14.3 Å². The van der Waals surface area contributed by atoms with Gasteiger partial charge in [0.05, 0.1) is 17.7 Å². The Labute approximate surface area is 181 Å². The van der Waals surface area contributed by atoms with Crippen molar-refractivity contribution in [3.63, 3.8) is 0 Å². The summed E-state index contributed by atoms with van der Waals surface area (Å²) in [7, 11) is 1.62. The average molecular weight is 423 g/mol. The molecular weight excluding hydrogens is 396 g/mol. The fourth-order valence-corrected chi connectivity index (χ4v) is 4.87.